The number of methoxy groups -OCH3 is 1. The highest BCUT2D eigenvalue weighted by molar-refractivity contribution is 14.0. The molecular formula is C23H38IN5O. The Hall–Kier alpha value is -1.61. The van der Waals surface area contributed by atoms with Crippen LogP contribution < -0.4 is 10.6 Å². The zero-order valence-corrected chi connectivity index (χ0v) is 21.6. The molecule has 0 saturated heterocycles. The molecule has 1 aromatic heterocycles. The number of halogens is 1. The van der Waals surface area contributed by atoms with Gasteiger partial charge in [0.15, 0.2) is 5.96 Å². The van der Waals surface area contributed by atoms with Crippen LogP contribution in [0.1, 0.15) is 54.3 Å². The Morgan fingerprint density at radius 2 is 1.87 bits per heavy atom. The van der Waals surface area contributed by atoms with Gasteiger partial charge in [0.05, 0.1) is 18.8 Å². The number of rotatable bonds is 10. The fraction of sp³-hybridized carbons (Fsp3) is 0.565. The first kappa shape index (κ1) is 26.4. The predicted molar refractivity (Wildman–Crippen MR) is 136 cm³/mol. The second-order valence-electron chi connectivity index (χ2n) is 7.72. The Balaban J connectivity index is 0.00000450. The first-order valence-corrected chi connectivity index (χ1v) is 10.5. The lowest BCUT2D eigenvalue weighted by molar-refractivity contribution is 0.182. The van der Waals surface area contributed by atoms with Gasteiger partial charge in [0, 0.05) is 38.5 Å². The number of nitrogens with one attached hydrogen (secondary N) is 2. The zero-order valence-electron chi connectivity index (χ0n) is 19.3. The molecule has 2 N–H and O–H groups in total. The summed E-state index contributed by atoms with van der Waals surface area (Å²) >= 11 is 0. The van der Waals surface area contributed by atoms with E-state index >= 15 is 0 Å². The van der Waals surface area contributed by atoms with Gasteiger partial charge in [-0.3, -0.25) is 9.67 Å². The average molecular weight is 527 g/mol. The number of nitrogens with zero attached hydrogens (tertiary/aromatic N) is 3. The minimum atomic E-state index is 0. The summed E-state index contributed by atoms with van der Waals surface area (Å²) in [5.74, 6) is 1.41. The summed E-state index contributed by atoms with van der Waals surface area (Å²) < 4.78 is 7.17. The van der Waals surface area contributed by atoms with Crippen molar-refractivity contribution in [3.63, 3.8) is 0 Å². The van der Waals surface area contributed by atoms with Gasteiger partial charge in [-0.25, -0.2) is 0 Å². The Labute approximate surface area is 198 Å². The van der Waals surface area contributed by atoms with Crippen molar-refractivity contribution in [3.05, 3.63) is 52.3 Å². The van der Waals surface area contributed by atoms with Crippen molar-refractivity contribution in [2.24, 2.45) is 4.99 Å². The Kier molecular flexibility index (Phi) is 12.0. The molecule has 0 saturated carbocycles. The molecule has 0 spiro atoms. The van der Waals surface area contributed by atoms with E-state index in [0.717, 1.165) is 37.6 Å². The molecule has 0 aliphatic carbocycles. The van der Waals surface area contributed by atoms with Crippen LogP contribution in [0.5, 0.6) is 0 Å². The minimum absolute atomic E-state index is 0. The van der Waals surface area contributed by atoms with Crippen LogP contribution in [0, 0.1) is 13.8 Å². The number of aromatic nitrogens is 2. The highest BCUT2D eigenvalue weighted by Gasteiger charge is 2.11. The number of aryl methyl sites for hydroxylation is 2. The summed E-state index contributed by atoms with van der Waals surface area (Å²) in [6.07, 6.45) is 2.13. The van der Waals surface area contributed by atoms with Crippen LogP contribution in [-0.2, 0) is 24.2 Å². The summed E-state index contributed by atoms with van der Waals surface area (Å²) in [7, 11) is 3.52. The summed E-state index contributed by atoms with van der Waals surface area (Å²) in [5.41, 5.74) is 6.22. The number of hydrogen-bond donors (Lipinski definition) is 2. The number of benzene rings is 1. The second kappa shape index (κ2) is 13.6. The lowest BCUT2D eigenvalue weighted by atomic mass is 10.0. The van der Waals surface area contributed by atoms with E-state index in [1.165, 1.54) is 22.4 Å². The number of hydrogen-bond acceptors (Lipinski definition) is 3. The van der Waals surface area contributed by atoms with E-state index < -0.39 is 0 Å². The third kappa shape index (κ3) is 7.91. The molecular weight excluding hydrogens is 489 g/mol. The molecule has 2 rings (SSSR count). The molecule has 0 aliphatic heterocycles. The van der Waals surface area contributed by atoms with Crippen LogP contribution >= 0.6 is 24.0 Å². The highest BCUT2D eigenvalue weighted by Crippen LogP contribution is 2.15. The summed E-state index contributed by atoms with van der Waals surface area (Å²) in [6.45, 7) is 11.6. The number of guanidine groups is 1. The van der Waals surface area contributed by atoms with E-state index in [9.17, 15) is 0 Å². The predicted octanol–water partition coefficient (Wildman–Crippen LogP) is 4.19. The zero-order chi connectivity index (χ0) is 21.2. The maximum absolute atomic E-state index is 5.16. The number of aliphatic imine (C=N–C) groups is 1. The van der Waals surface area contributed by atoms with Crippen molar-refractivity contribution < 1.29 is 4.74 Å². The van der Waals surface area contributed by atoms with Gasteiger partial charge in [0.2, 0.25) is 0 Å². The third-order valence-corrected chi connectivity index (χ3v) is 5.28. The molecule has 0 bridgehead atoms. The van der Waals surface area contributed by atoms with Crippen LogP contribution in [0.25, 0.3) is 0 Å². The van der Waals surface area contributed by atoms with Gasteiger partial charge in [-0.15, -0.1) is 24.0 Å². The van der Waals surface area contributed by atoms with Crippen molar-refractivity contribution in [1.29, 1.82) is 0 Å². The van der Waals surface area contributed by atoms with Crippen molar-refractivity contribution in [3.8, 4) is 0 Å². The molecule has 0 unspecified atom stereocenters. The standard InChI is InChI=1S/C23H37N5O.HI/c1-17(2)21-11-9-20(10-12-21)8-7-13-25-23(24-5)26-16-22-18(3)27-28(19(22)4)14-15-29-6;/h9-12,17H,7-8,13-16H2,1-6H3,(H2,24,25,26);1H. The lowest BCUT2D eigenvalue weighted by Crippen LogP contribution is -2.37. The molecule has 2 aromatic rings. The van der Waals surface area contributed by atoms with Crippen LogP contribution in [0.4, 0.5) is 0 Å². The number of ether oxygens (including phenoxy) is 1. The molecule has 0 radical (unpaired) electrons. The largest absolute Gasteiger partial charge is 0.383 e. The molecule has 168 valence electrons. The van der Waals surface area contributed by atoms with E-state index in [4.69, 9.17) is 4.74 Å². The summed E-state index contributed by atoms with van der Waals surface area (Å²) in [6, 6.07) is 8.97. The van der Waals surface area contributed by atoms with Crippen molar-refractivity contribution >= 4 is 29.9 Å². The van der Waals surface area contributed by atoms with Gasteiger partial charge in [-0.2, -0.15) is 5.10 Å². The third-order valence-electron chi connectivity index (χ3n) is 5.28. The minimum Gasteiger partial charge on any atom is -0.383 e. The maximum atomic E-state index is 5.16. The second-order valence-corrected chi connectivity index (χ2v) is 7.72. The smallest absolute Gasteiger partial charge is 0.191 e. The summed E-state index contributed by atoms with van der Waals surface area (Å²) in [5, 5.41) is 11.4. The Morgan fingerprint density at radius 1 is 1.17 bits per heavy atom. The van der Waals surface area contributed by atoms with Crippen molar-refractivity contribution in [2.75, 3.05) is 27.3 Å². The topological polar surface area (TPSA) is 63.5 Å². The maximum Gasteiger partial charge on any atom is 0.191 e. The van der Waals surface area contributed by atoms with Gasteiger partial charge in [0.25, 0.3) is 0 Å². The van der Waals surface area contributed by atoms with Gasteiger partial charge < -0.3 is 15.4 Å². The molecule has 0 atom stereocenters. The Bertz CT molecular complexity index is 784. The molecule has 0 fully saturated rings. The SMILES string of the molecule is CN=C(NCCCc1ccc(C(C)C)cc1)NCc1c(C)nn(CCOC)c1C.I. The molecule has 30 heavy (non-hydrogen) atoms. The lowest BCUT2D eigenvalue weighted by Gasteiger charge is -2.12. The molecule has 1 aromatic carbocycles. The Morgan fingerprint density at radius 3 is 2.47 bits per heavy atom. The molecule has 0 aliphatic rings. The molecule has 0 amide bonds. The fourth-order valence-corrected chi connectivity index (χ4v) is 3.35. The van der Waals surface area contributed by atoms with E-state index in [-0.39, 0.29) is 24.0 Å². The van der Waals surface area contributed by atoms with Crippen LogP contribution in [-0.4, -0.2) is 43.0 Å². The molecule has 6 nitrogen and oxygen atoms in total. The summed E-state index contributed by atoms with van der Waals surface area (Å²) in [4.78, 5) is 4.34. The first-order chi connectivity index (χ1) is 14.0. The van der Waals surface area contributed by atoms with Crippen LogP contribution in [0.3, 0.4) is 0 Å². The van der Waals surface area contributed by atoms with Gasteiger partial charge >= 0.3 is 0 Å². The van der Waals surface area contributed by atoms with Gasteiger partial charge in [-0.05, 0) is 43.7 Å². The molecule has 7 heteroatoms. The monoisotopic (exact) mass is 527 g/mol. The van der Waals surface area contributed by atoms with Crippen LogP contribution in [0.15, 0.2) is 29.3 Å². The average Bonchev–Trinajstić information content (AvgIpc) is 2.99. The van der Waals surface area contributed by atoms with E-state index in [1.807, 2.05) is 18.7 Å². The van der Waals surface area contributed by atoms with E-state index in [1.54, 1.807) is 7.11 Å². The molecule has 1 heterocycles. The quantitative estimate of drug-likeness (QED) is 0.211. The van der Waals surface area contributed by atoms with Crippen molar-refractivity contribution in [2.45, 2.75) is 59.5 Å². The van der Waals surface area contributed by atoms with Gasteiger partial charge in [0.1, 0.15) is 0 Å². The van der Waals surface area contributed by atoms with Gasteiger partial charge in [-0.1, -0.05) is 38.1 Å². The van der Waals surface area contributed by atoms with Crippen LogP contribution in [0.2, 0.25) is 0 Å². The van der Waals surface area contributed by atoms with E-state index in [2.05, 4.69) is 65.8 Å². The fourth-order valence-electron chi connectivity index (χ4n) is 3.35. The highest BCUT2D eigenvalue weighted by atomic mass is 127. The van der Waals surface area contributed by atoms with E-state index in [0.29, 0.717) is 19.1 Å². The van der Waals surface area contributed by atoms with Crippen molar-refractivity contribution in [1.82, 2.24) is 20.4 Å². The normalized spacial score (nSPS) is 11.5. The first-order valence-electron chi connectivity index (χ1n) is 10.5.